The number of nitrogens with one attached hydrogen (secondary N) is 4. The Morgan fingerprint density at radius 1 is 0.385 bits per heavy atom. The number of rotatable bonds is 26. The zero-order valence-corrected chi connectivity index (χ0v) is 79.6. The van der Waals surface area contributed by atoms with Gasteiger partial charge in [-0.05, 0) is 199 Å². The third-order valence-corrected chi connectivity index (χ3v) is 28.9. The highest BCUT2D eigenvalue weighted by molar-refractivity contribution is 6.31. The maximum atomic E-state index is 14.2. The zero-order valence-electron chi connectivity index (χ0n) is 78.8. The molecule has 8 aliphatic heterocycles. The summed E-state index contributed by atoms with van der Waals surface area (Å²) in [4.78, 5) is 115. The van der Waals surface area contributed by atoms with Gasteiger partial charge in [0.2, 0.25) is 23.6 Å². The van der Waals surface area contributed by atoms with Crippen molar-refractivity contribution in [2.45, 2.75) is 190 Å². The number of pyridine rings is 4. The largest absolute Gasteiger partial charge is 0.497 e. The van der Waals surface area contributed by atoms with Gasteiger partial charge in [-0.15, -0.1) is 0 Å². The lowest BCUT2D eigenvalue weighted by molar-refractivity contribution is -0.138. The summed E-state index contributed by atoms with van der Waals surface area (Å²) >= 11 is 6.31. The Hall–Kier alpha value is -15.1. The predicted molar refractivity (Wildman–Crippen MR) is 519 cm³/mol. The van der Waals surface area contributed by atoms with E-state index in [1.807, 2.05) is 122 Å². The number of Topliss-reactive ketones (excluding diaryl/α,β-unsaturated/α-hetero) is 4. The number of aryl methyl sites for hydroxylation is 1. The molecule has 24 rings (SSSR count). The molecule has 0 radical (unpaired) electrons. The molecule has 4 saturated carbocycles. The molecule has 12 atom stereocenters. The van der Waals surface area contributed by atoms with Crippen molar-refractivity contribution in [3.63, 3.8) is 0 Å². The van der Waals surface area contributed by atoms with Crippen molar-refractivity contribution in [1.82, 2.24) is 19.9 Å². The number of methoxy groups -OCH3 is 2. The maximum Gasteiger partial charge on any atom is 0.416 e. The van der Waals surface area contributed by atoms with Gasteiger partial charge in [0.1, 0.15) is 157 Å². The van der Waals surface area contributed by atoms with Crippen LogP contribution in [0.15, 0.2) is 201 Å². The molecule has 12 heterocycles. The van der Waals surface area contributed by atoms with Crippen molar-refractivity contribution in [2.24, 2.45) is 23.7 Å². The predicted octanol–water partition coefficient (Wildman–Crippen LogP) is 21.2. The second-order valence-corrected chi connectivity index (χ2v) is 39.6. The molecule has 4 fully saturated rings. The molecule has 143 heavy (non-hydrogen) atoms. The fraction of sp³-hybridized carbons (Fsp3) is 0.321. The summed E-state index contributed by atoms with van der Waals surface area (Å²) in [5.74, 6) is 12.4. The SMILES string of the molecule is CC(C)(C)c1ccc(CC(=O)C[C@@H]2[C@H]3Oc4ccc(Oc5ccnc6c5CCC(=O)N6)cc4[C@@H]23)cc1.COc1cc(CC(=O)C[C@@H]2[C@H]3Oc4ccc(Oc5ccnc6c5CCC(=O)N6)cc4[C@@H]23)cc(OC)c1.Cc1cccc(Cl)c1CC(=O)C[C@@H]1[C@H]2Oc3ccc(Oc4ccnc5c4CCC(=O)N5)cc3[C@@H]12.O=C(Cc1ccc(C(F)(F)F)cc1F)C[C@@H]1[C@H]2Oc3ccc(Oc4ccnc5c4CCC(=O)N5)cc3[C@@H]12. The van der Waals surface area contributed by atoms with Crippen LogP contribution in [0.3, 0.4) is 0 Å². The van der Waals surface area contributed by atoms with Crippen LogP contribution in [-0.4, -0.2) is 105 Å². The minimum Gasteiger partial charge on any atom is -0.497 e. The van der Waals surface area contributed by atoms with Gasteiger partial charge in [0.05, 0.1) is 19.8 Å². The van der Waals surface area contributed by atoms with Crippen molar-refractivity contribution in [1.29, 1.82) is 0 Å². The Morgan fingerprint density at radius 2 is 0.720 bits per heavy atom. The zero-order chi connectivity index (χ0) is 99.1. The summed E-state index contributed by atoms with van der Waals surface area (Å²) in [7, 11) is 3.19. The number of hydrogen-bond donors (Lipinski definition) is 4. The molecule has 0 unspecified atom stereocenters. The lowest BCUT2D eigenvalue weighted by Crippen LogP contribution is -2.20. The third-order valence-electron chi connectivity index (χ3n) is 28.6. The Kier molecular flexibility index (Phi) is 25.3. The van der Waals surface area contributed by atoms with E-state index < -0.39 is 17.6 Å². The van der Waals surface area contributed by atoms with E-state index in [9.17, 15) is 55.9 Å². The number of aromatic nitrogens is 4. The normalized spacial score (nSPS) is 21.3. The van der Waals surface area contributed by atoms with E-state index in [0.29, 0.717) is 182 Å². The molecule has 12 aliphatic rings. The van der Waals surface area contributed by atoms with Crippen molar-refractivity contribution in [3.05, 3.63) is 295 Å². The number of ketones is 4. The van der Waals surface area contributed by atoms with Crippen molar-refractivity contribution in [2.75, 3.05) is 35.5 Å². The standard InChI is InChI=1S/C30H30N2O4.C28H26N2O6.C27H23ClN2O4.C27H20F4N2O4/c1-30(2,3)18-6-4-17(5-7-18)14-19(33)15-23-27-22-16-20(8-10-24(22)36-28(23)27)35-25-12-13-31-29-21(25)9-11-26(34)32-29;1-33-18-10-15(11-19(13-18)34-2)9-16(31)12-22-26-21-14-17(3-5-23(21)36-27(22)26)35-24-7-8-29-28-20(24)4-6-25(32)30-28;1-14-3-2-4-21(28)18(14)11-15(31)12-20-25-19-13-16(5-7-22(19)34-26(20)25)33-23-9-10-29-27-17(23)6-8-24(32)30-27;28-20-10-14(27(29,30)31)2-1-13(20)9-15(34)11-19-24-18-12-16(3-5-21(18)37-25(19)24)36-22-7-8-32-26-17(22)4-6-23(35)33-26/h4-8,10,12-13,16,23,27-28H,9,11,14-15H2,1-3H3,(H,31,32,34);3,5,7-8,10-11,13-14,22,26-27H,4,6,9,12H2,1-2H3,(H,29,30,32);2-5,7,9-10,13,20,25-26H,6,8,11-12H2,1H3,(H,29,30,32);1-3,5,7-8,10,12,19,24-25H,4,6,9,11H2,(H,32,33,35)/t23-,27-,28+;22-,26-,27+;20-,25-,26+;19-,24-,25+/m0000/s1. The minimum atomic E-state index is -4.64. The first-order valence-corrected chi connectivity index (χ1v) is 48.3. The quantitative estimate of drug-likeness (QED) is 0.0366. The summed E-state index contributed by atoms with van der Waals surface area (Å²) in [6.45, 7) is 8.56. The number of fused-ring (bicyclic) bond motifs is 16. The van der Waals surface area contributed by atoms with E-state index in [1.54, 1.807) is 57.2 Å². The molecule has 730 valence electrons. The number of nitrogens with zero attached hydrogens (tertiary/aromatic N) is 4. The molecular formula is C112H99ClF4N8O18. The van der Waals surface area contributed by atoms with Crippen LogP contribution in [0, 0.1) is 36.4 Å². The minimum absolute atomic E-state index is 0.00871. The van der Waals surface area contributed by atoms with Crippen LogP contribution in [0.1, 0.15) is 179 Å². The first kappa shape index (κ1) is 94.2. The van der Waals surface area contributed by atoms with Gasteiger partial charge in [0.25, 0.3) is 0 Å². The molecule has 0 saturated heterocycles. The highest BCUT2D eigenvalue weighted by Crippen LogP contribution is 2.65. The van der Waals surface area contributed by atoms with Crippen LogP contribution in [0.5, 0.6) is 80.5 Å². The topological polar surface area (TPSA) is 329 Å². The molecule has 4 N–H and O–H groups in total. The van der Waals surface area contributed by atoms with Crippen molar-refractivity contribution in [3.8, 4) is 80.5 Å². The second kappa shape index (κ2) is 38.4. The fourth-order valence-electron chi connectivity index (χ4n) is 21.0. The van der Waals surface area contributed by atoms with Gasteiger partial charge in [0.15, 0.2) is 0 Å². The van der Waals surface area contributed by atoms with Gasteiger partial charge in [-0.3, -0.25) is 38.4 Å². The van der Waals surface area contributed by atoms with Crippen LogP contribution >= 0.6 is 11.6 Å². The van der Waals surface area contributed by atoms with E-state index in [1.165, 1.54) is 5.56 Å². The van der Waals surface area contributed by atoms with E-state index >= 15 is 0 Å². The Balaban J connectivity index is 0.000000113. The Morgan fingerprint density at radius 3 is 1.05 bits per heavy atom. The molecule has 4 aromatic heterocycles. The van der Waals surface area contributed by atoms with E-state index in [4.69, 9.17) is 59.0 Å². The molecule has 4 aliphatic carbocycles. The van der Waals surface area contributed by atoms with E-state index in [-0.39, 0.29) is 142 Å². The monoisotopic (exact) mass is 1950 g/mol. The first-order valence-electron chi connectivity index (χ1n) is 48.0. The fourth-order valence-corrected chi connectivity index (χ4v) is 21.3. The maximum absolute atomic E-state index is 14.2. The molecule has 12 aromatic rings. The van der Waals surface area contributed by atoms with Gasteiger partial charge in [0, 0.05) is 205 Å². The molecule has 0 bridgehead atoms. The third kappa shape index (κ3) is 20.1. The molecule has 0 spiro atoms. The second-order valence-electron chi connectivity index (χ2n) is 39.2. The smallest absolute Gasteiger partial charge is 0.416 e. The highest BCUT2D eigenvalue weighted by atomic mass is 35.5. The van der Waals surface area contributed by atoms with Crippen LogP contribution in [0.2, 0.25) is 5.02 Å². The van der Waals surface area contributed by atoms with Crippen LogP contribution in [0.25, 0.3) is 0 Å². The van der Waals surface area contributed by atoms with Gasteiger partial charge in [-0.1, -0.05) is 74.8 Å². The average molecular weight is 1960 g/mol. The number of carbonyl (C=O) groups excluding carboxylic acids is 8. The molecule has 4 amide bonds. The van der Waals surface area contributed by atoms with Gasteiger partial charge in [-0.2, -0.15) is 13.2 Å². The number of ether oxygens (including phenoxy) is 10. The van der Waals surface area contributed by atoms with E-state index in [0.717, 1.165) is 102 Å². The first-order chi connectivity index (χ1) is 68.9. The summed E-state index contributed by atoms with van der Waals surface area (Å²) in [5.41, 5.74) is 11.9. The van der Waals surface area contributed by atoms with E-state index in [2.05, 4.69) is 86.2 Å². The highest BCUT2D eigenvalue weighted by Gasteiger charge is 2.62. The molecule has 26 nitrogen and oxygen atoms in total. The van der Waals surface area contributed by atoms with Crippen molar-refractivity contribution < 1.29 is 103 Å². The Labute approximate surface area is 825 Å². The number of alkyl halides is 3. The summed E-state index contributed by atoms with van der Waals surface area (Å²) in [5, 5.41) is 11.8. The van der Waals surface area contributed by atoms with Gasteiger partial charge >= 0.3 is 6.18 Å². The summed E-state index contributed by atoms with van der Waals surface area (Å²) < 4.78 is 112. The lowest BCUT2D eigenvalue weighted by atomic mass is 9.86. The van der Waals surface area contributed by atoms with Crippen LogP contribution in [-0.2, 0) is 101 Å². The number of amides is 4. The van der Waals surface area contributed by atoms with Gasteiger partial charge < -0.3 is 68.6 Å². The lowest BCUT2D eigenvalue weighted by Gasteiger charge is -2.19. The number of benzene rings is 8. The van der Waals surface area contributed by atoms with Crippen LogP contribution < -0.4 is 68.6 Å². The molecule has 8 aromatic carbocycles. The number of anilines is 4. The summed E-state index contributed by atoms with van der Waals surface area (Å²) in [6, 6.07) is 52.0. The number of hydrogen-bond acceptors (Lipinski definition) is 22. The average Bonchev–Trinajstić information content (AvgIpc) is 1.57. The summed E-state index contributed by atoms with van der Waals surface area (Å²) in [6.07, 6.45) is 8.17. The molecule has 31 heteroatoms. The van der Waals surface area contributed by atoms with Crippen LogP contribution in [0.4, 0.5) is 40.8 Å². The molecular weight excluding hydrogens is 1860 g/mol. The van der Waals surface area contributed by atoms with Gasteiger partial charge in [-0.25, -0.2) is 24.3 Å². The number of carbonyl (C=O) groups is 8. The Bertz CT molecular complexity index is 7150. The number of halogens is 5. The van der Waals surface area contributed by atoms with Crippen molar-refractivity contribution >= 4 is 81.6 Å².